The molecule has 6 heteroatoms. The second-order valence-electron chi connectivity index (χ2n) is 6.39. The summed E-state index contributed by atoms with van der Waals surface area (Å²) in [6.07, 6.45) is 3.70. The summed E-state index contributed by atoms with van der Waals surface area (Å²) >= 11 is 5.87. The molecule has 1 atom stereocenters. The van der Waals surface area contributed by atoms with Crippen LogP contribution in [0.4, 0.5) is 0 Å². The predicted molar refractivity (Wildman–Crippen MR) is 105 cm³/mol. The molecule has 4 nitrogen and oxygen atoms in total. The summed E-state index contributed by atoms with van der Waals surface area (Å²) in [5, 5.41) is 0.635. The molecule has 1 amide bonds. The molecule has 1 heterocycles. The highest BCUT2D eigenvalue weighted by Gasteiger charge is 2.34. The lowest BCUT2D eigenvalue weighted by Crippen LogP contribution is -2.39. The van der Waals surface area contributed by atoms with Crippen molar-refractivity contribution in [3.8, 4) is 0 Å². The molecule has 1 saturated heterocycles. The molecular formula is C20H20ClNO3S. The summed E-state index contributed by atoms with van der Waals surface area (Å²) in [6.45, 7) is 0.394. The first-order valence-corrected chi connectivity index (χ1v) is 10.6. The van der Waals surface area contributed by atoms with E-state index in [2.05, 4.69) is 0 Å². The molecule has 26 heavy (non-hydrogen) atoms. The highest BCUT2D eigenvalue weighted by Crippen LogP contribution is 2.21. The Kier molecular flexibility index (Phi) is 5.79. The second-order valence-corrected chi connectivity index (χ2v) is 9.06. The van der Waals surface area contributed by atoms with Crippen molar-refractivity contribution in [2.45, 2.75) is 19.0 Å². The minimum absolute atomic E-state index is 0.0281. The maximum Gasteiger partial charge on any atom is 0.247 e. The highest BCUT2D eigenvalue weighted by atomic mass is 35.5. The topological polar surface area (TPSA) is 54.5 Å². The van der Waals surface area contributed by atoms with E-state index in [4.69, 9.17) is 11.6 Å². The van der Waals surface area contributed by atoms with Crippen LogP contribution in [0.25, 0.3) is 6.08 Å². The van der Waals surface area contributed by atoms with Gasteiger partial charge in [-0.2, -0.15) is 0 Å². The van der Waals surface area contributed by atoms with E-state index >= 15 is 0 Å². The van der Waals surface area contributed by atoms with E-state index in [0.717, 1.165) is 11.1 Å². The van der Waals surface area contributed by atoms with Gasteiger partial charge in [0.15, 0.2) is 9.84 Å². The molecule has 0 bridgehead atoms. The lowest BCUT2D eigenvalue weighted by atomic mass is 10.1. The molecule has 0 saturated carbocycles. The maximum absolute atomic E-state index is 12.8. The fourth-order valence-electron chi connectivity index (χ4n) is 3.03. The zero-order valence-electron chi connectivity index (χ0n) is 14.2. The number of sulfone groups is 1. The smallest absolute Gasteiger partial charge is 0.247 e. The van der Waals surface area contributed by atoms with Gasteiger partial charge in [-0.1, -0.05) is 54.1 Å². The van der Waals surface area contributed by atoms with E-state index in [9.17, 15) is 13.2 Å². The van der Waals surface area contributed by atoms with Gasteiger partial charge in [0, 0.05) is 23.7 Å². The fraction of sp³-hybridized carbons (Fsp3) is 0.250. The monoisotopic (exact) mass is 389 g/mol. The van der Waals surface area contributed by atoms with Crippen molar-refractivity contribution in [1.82, 2.24) is 4.90 Å². The molecule has 3 rings (SSSR count). The Morgan fingerprint density at radius 3 is 2.42 bits per heavy atom. The van der Waals surface area contributed by atoms with Crippen LogP contribution < -0.4 is 0 Å². The molecule has 0 radical (unpaired) electrons. The first-order chi connectivity index (χ1) is 12.4. The quantitative estimate of drug-likeness (QED) is 0.734. The molecule has 2 aromatic carbocycles. The molecule has 0 unspecified atom stereocenters. The van der Waals surface area contributed by atoms with Crippen molar-refractivity contribution in [1.29, 1.82) is 0 Å². The summed E-state index contributed by atoms with van der Waals surface area (Å²) < 4.78 is 23.7. The number of amides is 1. The minimum Gasteiger partial charge on any atom is -0.331 e. The van der Waals surface area contributed by atoms with Crippen LogP contribution in [0.3, 0.4) is 0 Å². The second kappa shape index (κ2) is 8.06. The number of hydrogen-bond acceptors (Lipinski definition) is 3. The summed E-state index contributed by atoms with van der Waals surface area (Å²) in [5.41, 5.74) is 1.84. The van der Waals surface area contributed by atoms with Gasteiger partial charge in [-0.05, 0) is 35.8 Å². The van der Waals surface area contributed by atoms with Crippen LogP contribution in [0.5, 0.6) is 0 Å². The predicted octanol–water partition coefficient (Wildman–Crippen LogP) is 3.57. The summed E-state index contributed by atoms with van der Waals surface area (Å²) in [7, 11) is -3.07. The van der Waals surface area contributed by atoms with Crippen LogP contribution in [-0.2, 0) is 21.2 Å². The number of hydrogen-bond donors (Lipinski definition) is 0. The fourth-order valence-corrected chi connectivity index (χ4v) is 4.88. The zero-order valence-corrected chi connectivity index (χ0v) is 15.8. The Balaban J connectivity index is 1.79. The molecule has 1 aliphatic heterocycles. The van der Waals surface area contributed by atoms with Gasteiger partial charge in [0.2, 0.25) is 5.91 Å². The van der Waals surface area contributed by atoms with Crippen molar-refractivity contribution in [3.63, 3.8) is 0 Å². The average molecular weight is 390 g/mol. The Morgan fingerprint density at radius 2 is 1.81 bits per heavy atom. The molecule has 0 aliphatic carbocycles. The SMILES string of the molecule is O=C(/C=C/c1ccc(Cl)cc1)N(Cc1ccccc1)[C@H]1CCS(=O)(=O)C1. The number of carbonyl (C=O) groups is 1. The first kappa shape index (κ1) is 18.7. The first-order valence-electron chi connectivity index (χ1n) is 8.41. The molecule has 2 aromatic rings. The van der Waals surface area contributed by atoms with Crippen molar-refractivity contribution in [3.05, 3.63) is 76.8 Å². The van der Waals surface area contributed by atoms with Crippen molar-refractivity contribution in [2.75, 3.05) is 11.5 Å². The normalized spacial score (nSPS) is 18.9. The maximum atomic E-state index is 12.8. The molecule has 1 fully saturated rings. The van der Waals surface area contributed by atoms with Gasteiger partial charge in [-0.25, -0.2) is 8.42 Å². The lowest BCUT2D eigenvalue weighted by Gasteiger charge is -2.27. The van der Waals surface area contributed by atoms with E-state index in [0.29, 0.717) is 18.0 Å². The molecule has 1 aliphatic rings. The Hall–Kier alpha value is -2.11. The Morgan fingerprint density at radius 1 is 1.12 bits per heavy atom. The molecule has 0 spiro atoms. The zero-order chi connectivity index (χ0) is 18.6. The summed E-state index contributed by atoms with van der Waals surface area (Å²) in [5.74, 6) is -0.0248. The highest BCUT2D eigenvalue weighted by molar-refractivity contribution is 7.91. The molecular weight excluding hydrogens is 370 g/mol. The number of rotatable bonds is 5. The van der Waals surface area contributed by atoms with E-state index in [1.165, 1.54) is 6.08 Å². The van der Waals surface area contributed by atoms with Gasteiger partial charge in [0.05, 0.1) is 11.5 Å². The van der Waals surface area contributed by atoms with Gasteiger partial charge >= 0.3 is 0 Å². The molecule has 136 valence electrons. The van der Waals surface area contributed by atoms with Crippen LogP contribution in [0.1, 0.15) is 17.5 Å². The number of halogens is 1. The average Bonchev–Trinajstić information content (AvgIpc) is 2.99. The van der Waals surface area contributed by atoms with Crippen LogP contribution in [0, 0.1) is 0 Å². The van der Waals surface area contributed by atoms with E-state index in [-0.39, 0.29) is 23.5 Å². The van der Waals surface area contributed by atoms with E-state index < -0.39 is 9.84 Å². The Bertz CT molecular complexity index is 892. The van der Waals surface area contributed by atoms with Crippen LogP contribution in [0.15, 0.2) is 60.7 Å². The number of nitrogens with zero attached hydrogens (tertiary/aromatic N) is 1. The standard InChI is InChI=1S/C20H20ClNO3S/c21-18-9-6-16(7-10-18)8-11-20(23)22(14-17-4-2-1-3-5-17)19-12-13-26(24,25)15-19/h1-11,19H,12-15H2/b11-8+/t19-/m0/s1. The third-order valence-electron chi connectivity index (χ3n) is 4.42. The molecule has 0 N–H and O–H groups in total. The van der Waals surface area contributed by atoms with E-state index in [1.807, 2.05) is 42.5 Å². The third kappa shape index (κ3) is 4.96. The lowest BCUT2D eigenvalue weighted by molar-refractivity contribution is -0.128. The van der Waals surface area contributed by atoms with Gasteiger partial charge in [0.25, 0.3) is 0 Å². The van der Waals surface area contributed by atoms with Gasteiger partial charge in [-0.15, -0.1) is 0 Å². The van der Waals surface area contributed by atoms with Crippen LogP contribution in [-0.4, -0.2) is 36.8 Å². The van der Waals surface area contributed by atoms with Gasteiger partial charge in [0.1, 0.15) is 0 Å². The number of benzene rings is 2. The Labute approximate surface area is 159 Å². The van der Waals surface area contributed by atoms with Crippen molar-refractivity contribution >= 4 is 33.4 Å². The van der Waals surface area contributed by atoms with Crippen molar-refractivity contribution < 1.29 is 13.2 Å². The summed E-state index contributed by atoms with van der Waals surface area (Å²) in [4.78, 5) is 14.5. The van der Waals surface area contributed by atoms with E-state index in [1.54, 1.807) is 23.1 Å². The summed E-state index contributed by atoms with van der Waals surface area (Å²) in [6, 6.07) is 16.5. The van der Waals surface area contributed by atoms with Gasteiger partial charge in [-0.3, -0.25) is 4.79 Å². The van der Waals surface area contributed by atoms with Crippen molar-refractivity contribution in [2.24, 2.45) is 0 Å². The van der Waals surface area contributed by atoms with Gasteiger partial charge < -0.3 is 4.90 Å². The third-order valence-corrected chi connectivity index (χ3v) is 6.42. The minimum atomic E-state index is -3.07. The molecule has 0 aromatic heterocycles. The number of carbonyl (C=O) groups excluding carboxylic acids is 1. The largest absolute Gasteiger partial charge is 0.331 e. The van der Waals surface area contributed by atoms with Crippen LogP contribution >= 0.6 is 11.6 Å². The van der Waals surface area contributed by atoms with Crippen LogP contribution in [0.2, 0.25) is 5.02 Å².